The minimum Gasteiger partial charge on any atom is -0.396 e. The van der Waals surface area contributed by atoms with E-state index in [9.17, 15) is 5.11 Å². The van der Waals surface area contributed by atoms with E-state index in [2.05, 4.69) is 41.0 Å². The molecule has 0 radical (unpaired) electrons. The molecule has 0 spiro atoms. The van der Waals surface area contributed by atoms with Gasteiger partial charge in [0.05, 0.1) is 0 Å². The van der Waals surface area contributed by atoms with E-state index in [1.54, 1.807) is 0 Å². The zero-order valence-electron chi connectivity index (χ0n) is 13.2. The fraction of sp³-hybridized carbons (Fsp3) is 0.667. The molecule has 1 saturated carbocycles. The minimum atomic E-state index is 0.299. The molecule has 1 saturated heterocycles. The molecule has 2 fully saturated rings. The van der Waals surface area contributed by atoms with E-state index in [-0.39, 0.29) is 0 Å². The van der Waals surface area contributed by atoms with Crippen molar-refractivity contribution in [3.05, 3.63) is 35.4 Å². The molecule has 1 aromatic rings. The molecule has 0 unspecified atom stereocenters. The van der Waals surface area contributed by atoms with Crippen molar-refractivity contribution in [2.75, 3.05) is 26.2 Å². The molecule has 21 heavy (non-hydrogen) atoms. The summed E-state index contributed by atoms with van der Waals surface area (Å²) in [4.78, 5) is 5.24. The van der Waals surface area contributed by atoms with Crippen molar-refractivity contribution in [2.24, 2.45) is 0 Å². The number of aryl methyl sites for hydroxylation is 1. The third-order valence-electron chi connectivity index (χ3n) is 5.32. The van der Waals surface area contributed by atoms with Gasteiger partial charge in [0, 0.05) is 44.9 Å². The van der Waals surface area contributed by atoms with Gasteiger partial charge in [0.1, 0.15) is 0 Å². The first-order valence-corrected chi connectivity index (χ1v) is 8.41. The molecule has 1 aromatic carbocycles. The highest BCUT2D eigenvalue weighted by atomic mass is 16.3. The SMILES string of the molecule is Cc1ccccc1CN1CCN(C2CCC2)C[C@@H]1CCO. The van der Waals surface area contributed by atoms with Crippen molar-refractivity contribution in [2.45, 2.75) is 51.2 Å². The van der Waals surface area contributed by atoms with Crippen LogP contribution in [0.3, 0.4) is 0 Å². The molecular weight excluding hydrogens is 260 g/mol. The van der Waals surface area contributed by atoms with E-state index in [4.69, 9.17) is 0 Å². The average molecular weight is 288 g/mol. The number of benzene rings is 1. The van der Waals surface area contributed by atoms with Crippen LogP contribution in [0.4, 0.5) is 0 Å². The van der Waals surface area contributed by atoms with Gasteiger partial charge in [0.2, 0.25) is 0 Å². The Morgan fingerprint density at radius 2 is 2.00 bits per heavy atom. The van der Waals surface area contributed by atoms with Gasteiger partial charge in [-0.15, -0.1) is 0 Å². The molecule has 3 heteroatoms. The maximum Gasteiger partial charge on any atom is 0.0446 e. The summed E-state index contributed by atoms with van der Waals surface area (Å²) in [5.74, 6) is 0. The summed E-state index contributed by atoms with van der Waals surface area (Å²) < 4.78 is 0. The topological polar surface area (TPSA) is 26.7 Å². The van der Waals surface area contributed by atoms with Crippen LogP contribution in [0.1, 0.15) is 36.8 Å². The van der Waals surface area contributed by atoms with Gasteiger partial charge in [-0.1, -0.05) is 30.7 Å². The Kier molecular flexibility index (Phi) is 4.94. The summed E-state index contributed by atoms with van der Waals surface area (Å²) in [6.07, 6.45) is 5.06. The fourth-order valence-electron chi connectivity index (χ4n) is 3.64. The number of rotatable bonds is 5. The van der Waals surface area contributed by atoms with Crippen LogP contribution in [0.25, 0.3) is 0 Å². The summed E-state index contributed by atoms with van der Waals surface area (Å²) in [5.41, 5.74) is 2.80. The third-order valence-corrected chi connectivity index (χ3v) is 5.32. The number of hydrogen-bond donors (Lipinski definition) is 1. The lowest BCUT2D eigenvalue weighted by atomic mass is 9.90. The standard InChI is InChI=1S/C18H28N2O/c1-15-5-2-3-6-16(15)13-19-10-11-20(17-7-4-8-17)14-18(19)9-12-21/h2-3,5-6,17-18,21H,4,7-14H2,1H3/t18-/m0/s1. The predicted octanol–water partition coefficient (Wildman–Crippen LogP) is 2.42. The van der Waals surface area contributed by atoms with Gasteiger partial charge in [-0.2, -0.15) is 0 Å². The number of aliphatic hydroxyl groups is 1. The molecule has 116 valence electrons. The first-order valence-electron chi connectivity index (χ1n) is 8.41. The lowest BCUT2D eigenvalue weighted by Crippen LogP contribution is -2.57. The smallest absolute Gasteiger partial charge is 0.0446 e. The van der Waals surface area contributed by atoms with Crippen molar-refractivity contribution in [1.29, 1.82) is 0 Å². The number of aliphatic hydroxyl groups excluding tert-OH is 1. The lowest BCUT2D eigenvalue weighted by Gasteiger charge is -2.47. The quantitative estimate of drug-likeness (QED) is 0.901. The van der Waals surface area contributed by atoms with Crippen LogP contribution >= 0.6 is 0 Å². The van der Waals surface area contributed by atoms with Gasteiger partial charge in [-0.25, -0.2) is 0 Å². The lowest BCUT2D eigenvalue weighted by molar-refractivity contribution is 0.0111. The summed E-state index contributed by atoms with van der Waals surface area (Å²) in [5, 5.41) is 9.41. The van der Waals surface area contributed by atoms with Crippen LogP contribution < -0.4 is 0 Å². The summed E-state index contributed by atoms with van der Waals surface area (Å²) in [6, 6.07) is 10.0. The second-order valence-corrected chi connectivity index (χ2v) is 6.64. The zero-order valence-corrected chi connectivity index (χ0v) is 13.2. The van der Waals surface area contributed by atoms with Crippen molar-refractivity contribution in [3.63, 3.8) is 0 Å². The van der Waals surface area contributed by atoms with E-state index < -0.39 is 0 Å². The molecule has 0 amide bonds. The summed E-state index contributed by atoms with van der Waals surface area (Å²) >= 11 is 0. The average Bonchev–Trinajstić information content (AvgIpc) is 2.42. The highest BCUT2D eigenvalue weighted by Crippen LogP contribution is 2.28. The predicted molar refractivity (Wildman–Crippen MR) is 86.3 cm³/mol. The summed E-state index contributed by atoms with van der Waals surface area (Å²) in [6.45, 7) is 6.98. The largest absolute Gasteiger partial charge is 0.396 e. The second kappa shape index (κ2) is 6.91. The molecule has 1 aliphatic heterocycles. The highest BCUT2D eigenvalue weighted by molar-refractivity contribution is 5.25. The Balaban J connectivity index is 1.65. The van der Waals surface area contributed by atoms with Crippen molar-refractivity contribution < 1.29 is 5.11 Å². The Morgan fingerprint density at radius 3 is 2.67 bits per heavy atom. The van der Waals surface area contributed by atoms with Gasteiger partial charge in [0.15, 0.2) is 0 Å². The molecule has 1 aliphatic carbocycles. The van der Waals surface area contributed by atoms with Gasteiger partial charge in [-0.05, 0) is 37.3 Å². The molecule has 1 atom stereocenters. The molecule has 1 N–H and O–H groups in total. The van der Waals surface area contributed by atoms with Crippen molar-refractivity contribution in [3.8, 4) is 0 Å². The Bertz CT molecular complexity index is 458. The Hall–Kier alpha value is -0.900. The van der Waals surface area contributed by atoms with Gasteiger partial charge in [-0.3, -0.25) is 9.80 Å². The highest BCUT2D eigenvalue weighted by Gasteiger charge is 2.32. The normalized spacial score (nSPS) is 25.0. The van der Waals surface area contributed by atoms with Gasteiger partial charge >= 0.3 is 0 Å². The van der Waals surface area contributed by atoms with E-state index in [1.165, 1.54) is 36.9 Å². The van der Waals surface area contributed by atoms with Crippen LogP contribution in [0.5, 0.6) is 0 Å². The molecule has 0 aromatic heterocycles. The minimum absolute atomic E-state index is 0.299. The Labute approximate surface area is 128 Å². The molecular formula is C18H28N2O. The van der Waals surface area contributed by atoms with E-state index >= 15 is 0 Å². The molecule has 3 nitrogen and oxygen atoms in total. The third kappa shape index (κ3) is 3.47. The van der Waals surface area contributed by atoms with E-state index in [1.807, 2.05) is 0 Å². The van der Waals surface area contributed by atoms with Crippen LogP contribution in [-0.4, -0.2) is 53.2 Å². The maximum absolute atomic E-state index is 9.41. The van der Waals surface area contributed by atoms with Crippen LogP contribution in [0.15, 0.2) is 24.3 Å². The Morgan fingerprint density at radius 1 is 1.19 bits per heavy atom. The first kappa shape index (κ1) is 15.0. The van der Waals surface area contributed by atoms with Crippen molar-refractivity contribution in [1.82, 2.24) is 9.80 Å². The van der Waals surface area contributed by atoms with Gasteiger partial charge < -0.3 is 5.11 Å². The van der Waals surface area contributed by atoms with Crippen LogP contribution in [0.2, 0.25) is 0 Å². The summed E-state index contributed by atoms with van der Waals surface area (Å²) in [7, 11) is 0. The zero-order chi connectivity index (χ0) is 14.7. The van der Waals surface area contributed by atoms with Gasteiger partial charge in [0.25, 0.3) is 0 Å². The molecule has 0 bridgehead atoms. The molecule has 2 aliphatic rings. The number of hydrogen-bond acceptors (Lipinski definition) is 3. The number of piperazine rings is 1. The second-order valence-electron chi connectivity index (χ2n) is 6.64. The van der Waals surface area contributed by atoms with E-state index in [0.29, 0.717) is 12.6 Å². The maximum atomic E-state index is 9.41. The van der Waals surface area contributed by atoms with Crippen LogP contribution in [-0.2, 0) is 6.54 Å². The van der Waals surface area contributed by atoms with Crippen molar-refractivity contribution >= 4 is 0 Å². The van der Waals surface area contributed by atoms with Crippen LogP contribution in [0, 0.1) is 6.92 Å². The monoisotopic (exact) mass is 288 g/mol. The molecule has 1 heterocycles. The van der Waals surface area contributed by atoms with E-state index in [0.717, 1.165) is 32.1 Å². The molecule has 3 rings (SSSR count). The fourth-order valence-corrected chi connectivity index (χ4v) is 3.64. The number of nitrogens with zero attached hydrogens (tertiary/aromatic N) is 2. The first-order chi connectivity index (χ1) is 10.3.